The molecule has 0 aliphatic carbocycles. The number of halogens is 3. The van der Waals surface area contributed by atoms with Gasteiger partial charge in [-0.1, -0.05) is 6.07 Å². The molecule has 0 N–H and O–H groups in total. The van der Waals surface area contributed by atoms with Gasteiger partial charge in [0.15, 0.2) is 0 Å². The number of alkyl halides is 1. The highest BCUT2D eigenvalue weighted by Crippen LogP contribution is 2.13. The lowest BCUT2D eigenvalue weighted by molar-refractivity contribution is 0.101. The first-order valence-corrected chi connectivity index (χ1v) is 6.45. The molecule has 0 amide bonds. The second-order valence-electron chi connectivity index (χ2n) is 3.51. The topological polar surface area (TPSA) is 27.7 Å². The molecule has 1 rings (SSSR count). The van der Waals surface area contributed by atoms with Crippen molar-refractivity contribution in [2.75, 3.05) is 20.8 Å². The van der Waals surface area contributed by atoms with Crippen molar-refractivity contribution in [3.05, 3.63) is 35.4 Å². The van der Waals surface area contributed by atoms with Gasteiger partial charge in [0.1, 0.15) is 17.8 Å². The molecule has 7 heteroatoms. The first kappa shape index (κ1) is 15.2. The van der Waals surface area contributed by atoms with Crippen LogP contribution in [0.4, 0.5) is 13.2 Å². The lowest BCUT2D eigenvalue weighted by Gasteiger charge is -2.12. The number of hydrogen-bond acceptors (Lipinski definition) is 3. The van der Waals surface area contributed by atoms with Crippen molar-refractivity contribution in [1.29, 1.82) is 0 Å². The minimum absolute atomic E-state index is 0.108. The van der Waals surface area contributed by atoms with Gasteiger partial charge in [-0.25, -0.2) is 13.2 Å². The molecule has 0 saturated carbocycles. The molecular weight excluding hydrogens is 265 g/mol. The Hall–Kier alpha value is -0.893. The van der Waals surface area contributed by atoms with Crippen LogP contribution in [0.1, 0.15) is 5.56 Å². The number of hydrogen-bond donors (Lipinski definition) is 0. The second kappa shape index (κ2) is 7.52. The van der Waals surface area contributed by atoms with Crippen molar-refractivity contribution in [1.82, 2.24) is 0 Å². The van der Waals surface area contributed by atoms with Crippen LogP contribution in [0.5, 0.6) is 0 Å². The lowest BCUT2D eigenvalue weighted by Crippen LogP contribution is -2.28. The Balaban J connectivity index is 2.46. The van der Waals surface area contributed by atoms with E-state index in [9.17, 15) is 13.2 Å². The van der Waals surface area contributed by atoms with Gasteiger partial charge >= 0.3 is 9.53 Å². The molecule has 1 unspecified atom stereocenters. The summed E-state index contributed by atoms with van der Waals surface area (Å²) in [4.78, 5) is 0. The van der Waals surface area contributed by atoms with Crippen LogP contribution < -0.4 is 0 Å². The summed E-state index contributed by atoms with van der Waals surface area (Å²) in [5.41, 5.74) is 0.108. The third-order valence-corrected chi connectivity index (χ3v) is 3.24. The maximum atomic E-state index is 13.5. The van der Waals surface area contributed by atoms with Crippen LogP contribution in [-0.4, -0.2) is 36.5 Å². The minimum Gasteiger partial charge on any atom is -0.375 e. The zero-order chi connectivity index (χ0) is 13.5. The van der Waals surface area contributed by atoms with Gasteiger partial charge in [-0.05, 0) is 11.6 Å². The maximum absolute atomic E-state index is 13.5. The summed E-state index contributed by atoms with van der Waals surface area (Å²) < 4.78 is 54.1. The summed E-state index contributed by atoms with van der Waals surface area (Å²) in [6.45, 7) is -0.257. The molecule has 0 spiro atoms. The van der Waals surface area contributed by atoms with E-state index in [1.165, 1.54) is 20.3 Å². The molecule has 0 fully saturated rings. The third-order valence-electron chi connectivity index (χ3n) is 2.17. The molecule has 1 aromatic carbocycles. The zero-order valence-corrected chi connectivity index (χ0v) is 11.1. The van der Waals surface area contributed by atoms with Crippen LogP contribution in [0.2, 0.25) is 0 Å². The summed E-state index contributed by atoms with van der Waals surface area (Å²) in [5, 5.41) is 0. The van der Waals surface area contributed by atoms with Crippen molar-refractivity contribution in [3.63, 3.8) is 0 Å². The Labute approximate surface area is 105 Å². The van der Waals surface area contributed by atoms with E-state index in [1.54, 1.807) is 0 Å². The smallest absolute Gasteiger partial charge is 0.375 e. The summed E-state index contributed by atoms with van der Waals surface area (Å²) in [5.74, 6) is -1.45. The van der Waals surface area contributed by atoms with E-state index < -0.39 is 27.3 Å². The predicted octanol–water partition coefficient (Wildman–Crippen LogP) is 2.14. The summed E-state index contributed by atoms with van der Waals surface area (Å²) in [6.07, 6.45) is -1.59. The van der Waals surface area contributed by atoms with Crippen LogP contribution in [0, 0.1) is 11.6 Å². The van der Waals surface area contributed by atoms with Crippen molar-refractivity contribution in [2.45, 2.75) is 12.6 Å². The summed E-state index contributed by atoms with van der Waals surface area (Å²) in [7, 11) is 0.867. The van der Waals surface area contributed by atoms with Crippen LogP contribution in [0.25, 0.3) is 0 Å². The molecule has 0 aliphatic rings. The fraction of sp³-hybridized carbons (Fsp3) is 0.455. The van der Waals surface area contributed by atoms with Gasteiger partial charge in [-0.2, -0.15) is 0 Å². The molecule has 0 aromatic heterocycles. The summed E-state index contributed by atoms with van der Waals surface area (Å²) >= 11 is 0. The average Bonchev–Trinajstić information content (AvgIpc) is 2.34. The lowest BCUT2D eigenvalue weighted by atomic mass is 10.1. The molecule has 0 heterocycles. The van der Waals surface area contributed by atoms with Crippen molar-refractivity contribution < 1.29 is 26.4 Å². The standard InChI is InChI=1S/C11H14F3O3Si/c1-15-18(16-2)17-7-10(13)5-8-3-4-9(12)6-11(8)14/h3-4,6,10H,5,7H2,1-2H3. The highest BCUT2D eigenvalue weighted by atomic mass is 28.3. The Morgan fingerprint density at radius 2 is 1.89 bits per heavy atom. The first-order chi connectivity index (χ1) is 8.56. The van der Waals surface area contributed by atoms with Gasteiger partial charge in [0.05, 0.1) is 6.61 Å². The van der Waals surface area contributed by atoms with E-state index in [2.05, 4.69) is 0 Å². The molecule has 101 valence electrons. The zero-order valence-electron chi connectivity index (χ0n) is 10.1. The summed E-state index contributed by atoms with van der Waals surface area (Å²) in [6, 6.07) is 3.03. The molecule has 0 bridgehead atoms. The molecule has 0 aliphatic heterocycles. The van der Waals surface area contributed by atoms with E-state index in [0.717, 1.165) is 12.1 Å². The van der Waals surface area contributed by atoms with E-state index in [-0.39, 0.29) is 18.6 Å². The quantitative estimate of drug-likeness (QED) is 0.716. The Bertz CT molecular complexity index is 375. The Morgan fingerprint density at radius 1 is 1.22 bits per heavy atom. The van der Waals surface area contributed by atoms with E-state index in [1.807, 2.05) is 0 Å². The molecule has 1 radical (unpaired) electrons. The van der Waals surface area contributed by atoms with Crippen molar-refractivity contribution in [2.24, 2.45) is 0 Å². The van der Waals surface area contributed by atoms with Gasteiger partial charge in [-0.3, -0.25) is 0 Å². The monoisotopic (exact) mass is 279 g/mol. The third kappa shape index (κ3) is 4.77. The van der Waals surface area contributed by atoms with E-state index >= 15 is 0 Å². The maximum Gasteiger partial charge on any atom is 0.577 e. The van der Waals surface area contributed by atoms with Gasteiger partial charge < -0.3 is 13.3 Å². The Morgan fingerprint density at radius 3 is 2.44 bits per heavy atom. The fourth-order valence-electron chi connectivity index (χ4n) is 1.34. The second-order valence-corrected chi connectivity index (χ2v) is 5.11. The molecule has 3 nitrogen and oxygen atoms in total. The first-order valence-electron chi connectivity index (χ1n) is 5.22. The van der Waals surface area contributed by atoms with Gasteiger partial charge in [0.25, 0.3) is 0 Å². The minimum atomic E-state index is -1.92. The normalized spacial score (nSPS) is 13.0. The highest BCUT2D eigenvalue weighted by Gasteiger charge is 2.19. The number of rotatable bonds is 7. The van der Waals surface area contributed by atoms with Crippen molar-refractivity contribution in [3.8, 4) is 0 Å². The van der Waals surface area contributed by atoms with E-state index in [4.69, 9.17) is 13.3 Å². The largest absolute Gasteiger partial charge is 0.577 e. The fourth-order valence-corrected chi connectivity index (χ4v) is 2.06. The molecule has 0 saturated heterocycles. The van der Waals surface area contributed by atoms with Gasteiger partial charge in [0, 0.05) is 26.7 Å². The average molecular weight is 279 g/mol. The SMILES string of the molecule is CO[Si](OC)OCC(F)Cc1ccc(F)cc1F. The molecule has 18 heavy (non-hydrogen) atoms. The molecule has 1 aromatic rings. The molecule has 1 atom stereocenters. The van der Waals surface area contributed by atoms with Crippen LogP contribution in [0.15, 0.2) is 18.2 Å². The van der Waals surface area contributed by atoms with Crippen molar-refractivity contribution >= 4 is 9.53 Å². The van der Waals surface area contributed by atoms with Crippen LogP contribution in [0.3, 0.4) is 0 Å². The van der Waals surface area contributed by atoms with Crippen LogP contribution >= 0.6 is 0 Å². The van der Waals surface area contributed by atoms with Crippen LogP contribution in [-0.2, 0) is 19.7 Å². The molecular formula is C11H14F3O3Si. The van der Waals surface area contributed by atoms with Gasteiger partial charge in [0.2, 0.25) is 0 Å². The van der Waals surface area contributed by atoms with Gasteiger partial charge in [-0.15, -0.1) is 0 Å². The van der Waals surface area contributed by atoms with E-state index in [0.29, 0.717) is 0 Å². The highest BCUT2D eigenvalue weighted by molar-refractivity contribution is 6.36. The Kier molecular flexibility index (Phi) is 6.34. The predicted molar refractivity (Wildman–Crippen MR) is 60.7 cm³/mol. The number of benzene rings is 1.